The van der Waals surface area contributed by atoms with Gasteiger partial charge in [0, 0.05) is 42.5 Å². The number of benzene rings is 2. The topological polar surface area (TPSA) is 169 Å². The molecule has 2 aromatic carbocycles. The number of pyridine rings is 1. The highest BCUT2D eigenvalue weighted by atomic mass is 19.4. The maximum Gasteiger partial charge on any atom is 0.490 e. The number of ether oxygens (including phenoxy) is 1. The second-order valence-electron chi connectivity index (χ2n) is 9.02. The molecule has 0 spiro atoms. The van der Waals surface area contributed by atoms with Crippen LogP contribution in [0.4, 0.5) is 26.3 Å². The lowest BCUT2D eigenvalue weighted by Crippen LogP contribution is -2.21. The molecule has 0 saturated carbocycles. The van der Waals surface area contributed by atoms with Crippen LogP contribution in [0.5, 0.6) is 0 Å². The third kappa shape index (κ3) is 11.1. The minimum atomic E-state index is -5.08. The van der Waals surface area contributed by atoms with Gasteiger partial charge in [-0.15, -0.1) is 0 Å². The molecule has 0 radical (unpaired) electrons. The first-order valence-corrected chi connectivity index (χ1v) is 12.8. The van der Waals surface area contributed by atoms with Crippen molar-refractivity contribution in [1.29, 1.82) is 5.41 Å². The average molecular weight is 653 g/mol. The number of carbonyl (C=O) groups is 3. The highest BCUT2D eigenvalue weighted by molar-refractivity contribution is 5.97. The van der Waals surface area contributed by atoms with E-state index in [4.69, 9.17) is 35.7 Å². The third-order valence-electron chi connectivity index (χ3n) is 5.65. The first kappa shape index (κ1) is 36.5. The lowest BCUT2D eigenvalue weighted by atomic mass is 10.0. The van der Waals surface area contributed by atoms with Gasteiger partial charge >= 0.3 is 30.3 Å². The number of esters is 1. The van der Waals surface area contributed by atoms with E-state index in [0.29, 0.717) is 24.3 Å². The number of nitrogen functional groups attached to an aromatic ring is 1. The Morgan fingerprint density at radius 1 is 0.870 bits per heavy atom. The summed E-state index contributed by atoms with van der Waals surface area (Å²) in [7, 11) is 0. The molecule has 4 rings (SSSR count). The Morgan fingerprint density at radius 3 is 1.91 bits per heavy atom. The molecule has 2 aromatic heterocycles. The average Bonchev–Trinajstić information content (AvgIpc) is 3.41. The lowest BCUT2D eigenvalue weighted by molar-refractivity contribution is -0.193. The number of alkyl halides is 6. The van der Waals surface area contributed by atoms with Gasteiger partial charge in [-0.1, -0.05) is 48.5 Å². The monoisotopic (exact) mass is 652 g/mol. The van der Waals surface area contributed by atoms with Crippen LogP contribution in [-0.4, -0.2) is 62.5 Å². The van der Waals surface area contributed by atoms with Crippen LogP contribution in [0.15, 0.2) is 85.5 Å². The van der Waals surface area contributed by atoms with E-state index in [1.807, 2.05) is 77.8 Å². The van der Waals surface area contributed by atoms with Crippen LogP contribution in [0.1, 0.15) is 28.4 Å². The first-order valence-electron chi connectivity index (χ1n) is 12.8. The highest BCUT2D eigenvalue weighted by Crippen LogP contribution is 2.29. The van der Waals surface area contributed by atoms with E-state index in [1.54, 1.807) is 19.2 Å². The Balaban J connectivity index is 0.000000440. The van der Waals surface area contributed by atoms with Crippen molar-refractivity contribution in [2.75, 3.05) is 6.61 Å². The van der Waals surface area contributed by atoms with Gasteiger partial charge in [-0.2, -0.15) is 26.3 Å². The predicted molar refractivity (Wildman–Crippen MR) is 153 cm³/mol. The van der Waals surface area contributed by atoms with Crippen LogP contribution >= 0.6 is 0 Å². The smallest absolute Gasteiger partial charge is 0.475 e. The Hall–Kier alpha value is -5.67. The normalized spacial score (nSPS) is 10.8. The van der Waals surface area contributed by atoms with Crippen LogP contribution in [0.25, 0.3) is 22.3 Å². The fourth-order valence-electron chi connectivity index (χ4n) is 3.62. The van der Waals surface area contributed by atoms with Crippen molar-refractivity contribution < 1.29 is 55.7 Å². The molecule has 46 heavy (non-hydrogen) atoms. The maximum atomic E-state index is 12.6. The Morgan fingerprint density at radius 2 is 1.43 bits per heavy atom. The summed E-state index contributed by atoms with van der Waals surface area (Å²) in [5, 5.41) is 21.9. The fraction of sp³-hybridized carbons (Fsp3) is 0.167. The molecule has 4 aromatic rings. The van der Waals surface area contributed by atoms with Crippen molar-refractivity contribution in [1.82, 2.24) is 9.55 Å². The van der Waals surface area contributed by atoms with E-state index >= 15 is 0 Å². The minimum absolute atomic E-state index is 0.0287. The number of carboxylic acid groups (broad SMARTS) is 2. The van der Waals surface area contributed by atoms with Gasteiger partial charge in [0.1, 0.15) is 5.84 Å². The zero-order valence-electron chi connectivity index (χ0n) is 23.8. The summed E-state index contributed by atoms with van der Waals surface area (Å²) in [5.41, 5.74) is 11.6. The Kier molecular flexibility index (Phi) is 12.6. The predicted octanol–water partition coefficient (Wildman–Crippen LogP) is 5.99. The molecule has 0 saturated heterocycles. The minimum Gasteiger partial charge on any atom is -0.475 e. The van der Waals surface area contributed by atoms with Crippen molar-refractivity contribution in [2.45, 2.75) is 25.8 Å². The molecule has 0 aliphatic heterocycles. The summed E-state index contributed by atoms with van der Waals surface area (Å²) >= 11 is 0. The quantitative estimate of drug-likeness (QED) is 0.0817. The number of nitrogens with one attached hydrogen (secondary N) is 1. The number of rotatable bonds is 7. The molecule has 0 fully saturated rings. The number of carboxylic acids is 2. The largest absolute Gasteiger partial charge is 0.490 e. The number of hydrogen-bond acceptors (Lipinski definition) is 6. The summed E-state index contributed by atoms with van der Waals surface area (Å²) in [6.45, 7) is 2.65. The van der Waals surface area contributed by atoms with Gasteiger partial charge in [-0.05, 0) is 41.3 Å². The van der Waals surface area contributed by atoms with Crippen LogP contribution < -0.4 is 5.73 Å². The molecule has 0 atom stereocenters. The molecule has 0 aliphatic rings. The van der Waals surface area contributed by atoms with E-state index < -0.39 is 24.3 Å². The number of amidine groups is 1. The molecule has 10 nitrogen and oxygen atoms in total. The zero-order chi connectivity index (χ0) is 34.7. The van der Waals surface area contributed by atoms with E-state index in [1.165, 1.54) is 0 Å². The lowest BCUT2D eigenvalue weighted by Gasteiger charge is -2.06. The first-order chi connectivity index (χ1) is 21.4. The number of aromatic nitrogens is 2. The van der Waals surface area contributed by atoms with Gasteiger partial charge < -0.3 is 25.3 Å². The molecule has 0 aliphatic carbocycles. The molecule has 0 bridgehead atoms. The Bertz CT molecular complexity index is 1630. The molecule has 0 unspecified atom stereocenters. The fourth-order valence-corrected chi connectivity index (χ4v) is 3.62. The number of halogens is 6. The van der Waals surface area contributed by atoms with Crippen LogP contribution in [0.2, 0.25) is 0 Å². The van der Waals surface area contributed by atoms with Crippen LogP contribution in [0.3, 0.4) is 0 Å². The van der Waals surface area contributed by atoms with E-state index in [-0.39, 0.29) is 11.8 Å². The van der Waals surface area contributed by atoms with Crippen molar-refractivity contribution in [2.24, 2.45) is 5.73 Å². The number of nitrogens with zero attached hydrogens (tertiary/aromatic N) is 2. The molecule has 0 amide bonds. The Labute approximate surface area is 257 Å². The molecule has 16 heteroatoms. The summed E-state index contributed by atoms with van der Waals surface area (Å²) in [6.07, 6.45) is -2.84. The number of nitrogens with two attached hydrogens (primary N) is 1. The summed E-state index contributed by atoms with van der Waals surface area (Å²) < 4.78 is 70.7. The summed E-state index contributed by atoms with van der Waals surface area (Å²) in [5.74, 6) is -5.84. The van der Waals surface area contributed by atoms with Crippen molar-refractivity contribution in [3.05, 3.63) is 102 Å². The van der Waals surface area contributed by atoms with Gasteiger partial charge in [0.2, 0.25) is 0 Å². The van der Waals surface area contributed by atoms with Crippen LogP contribution in [0, 0.1) is 5.41 Å². The van der Waals surface area contributed by atoms with Gasteiger partial charge in [0.15, 0.2) is 0 Å². The molecular weight excluding hydrogens is 626 g/mol. The second-order valence-corrected chi connectivity index (χ2v) is 9.02. The number of hydrogen-bond donors (Lipinski definition) is 4. The zero-order valence-corrected chi connectivity index (χ0v) is 23.8. The molecular formula is C30H26F6N4O6. The van der Waals surface area contributed by atoms with Gasteiger partial charge in [0.25, 0.3) is 0 Å². The SMILES string of the molecule is CCOC(=O)c1cn(Cc2cccc(C(=N)N)c2)cc1-c1ccc(-c2cccnc2)cc1.O=C(O)C(F)(F)F.O=C(O)C(F)(F)F. The van der Waals surface area contributed by atoms with Gasteiger partial charge in [0.05, 0.1) is 12.2 Å². The van der Waals surface area contributed by atoms with Crippen molar-refractivity contribution in [3.63, 3.8) is 0 Å². The van der Waals surface area contributed by atoms with Crippen molar-refractivity contribution in [3.8, 4) is 22.3 Å². The summed E-state index contributed by atoms with van der Waals surface area (Å²) in [4.78, 5) is 34.6. The van der Waals surface area contributed by atoms with Gasteiger partial charge in [-0.3, -0.25) is 10.4 Å². The molecule has 2 heterocycles. The standard InChI is InChI=1S/C26H24N4O2.2C2HF3O2/c1-2-32-26(31)24-17-30(15-18-5-3-6-21(13-18)25(27)28)16-23(24)20-10-8-19(9-11-20)22-7-4-12-29-14-22;2*3-2(4,5)1(6)7/h3-14,16-17H,2,15H2,1H3,(H3,27,28);2*(H,6,7). The van der Waals surface area contributed by atoms with E-state index in [2.05, 4.69) is 4.98 Å². The maximum absolute atomic E-state index is 12.6. The molecule has 244 valence electrons. The highest BCUT2D eigenvalue weighted by Gasteiger charge is 2.38. The van der Waals surface area contributed by atoms with Crippen LogP contribution in [-0.2, 0) is 20.9 Å². The van der Waals surface area contributed by atoms with E-state index in [9.17, 15) is 31.1 Å². The molecule has 5 N–H and O–H groups in total. The summed E-state index contributed by atoms with van der Waals surface area (Å²) in [6, 6.07) is 19.5. The van der Waals surface area contributed by atoms with Gasteiger partial charge in [-0.25, -0.2) is 14.4 Å². The number of carbonyl (C=O) groups excluding carboxylic acids is 1. The van der Waals surface area contributed by atoms with E-state index in [0.717, 1.165) is 27.8 Å². The van der Waals surface area contributed by atoms with Crippen molar-refractivity contribution >= 4 is 23.7 Å². The second kappa shape index (κ2) is 15.9. The third-order valence-corrected chi connectivity index (χ3v) is 5.65. The number of aliphatic carboxylic acids is 2.